The molecule has 0 radical (unpaired) electrons. The van der Waals surface area contributed by atoms with E-state index >= 15 is 0 Å². The molecule has 3 rings (SSSR count). The van der Waals surface area contributed by atoms with E-state index < -0.39 is 0 Å². The summed E-state index contributed by atoms with van der Waals surface area (Å²) in [7, 11) is 1.35. The normalized spacial score (nSPS) is 10.7. The van der Waals surface area contributed by atoms with Crippen molar-refractivity contribution in [3.63, 3.8) is 0 Å². The van der Waals surface area contributed by atoms with Crippen molar-refractivity contribution >= 4 is 40.4 Å². The number of carbonyl (C=O) groups is 2. The molecular formula is C24H19IO4. The fraction of sp³-hybridized carbons (Fsp3) is 0.0833. The lowest BCUT2D eigenvalue weighted by atomic mass is 10.1. The van der Waals surface area contributed by atoms with Gasteiger partial charge in [0.15, 0.2) is 5.78 Å². The lowest BCUT2D eigenvalue weighted by Crippen LogP contribution is -2.02. The van der Waals surface area contributed by atoms with E-state index in [1.165, 1.54) is 7.11 Å². The van der Waals surface area contributed by atoms with Crippen molar-refractivity contribution in [2.75, 3.05) is 7.11 Å². The Hall–Kier alpha value is -2.93. The highest BCUT2D eigenvalue weighted by Gasteiger charge is 2.06. The number of hydrogen-bond acceptors (Lipinski definition) is 4. The van der Waals surface area contributed by atoms with Gasteiger partial charge in [-0.3, -0.25) is 4.79 Å². The molecule has 0 bridgehead atoms. The first-order valence-electron chi connectivity index (χ1n) is 8.94. The van der Waals surface area contributed by atoms with Crippen molar-refractivity contribution in [1.82, 2.24) is 0 Å². The van der Waals surface area contributed by atoms with Crippen molar-refractivity contribution in [2.45, 2.75) is 6.61 Å². The van der Waals surface area contributed by atoms with E-state index in [0.29, 0.717) is 23.5 Å². The van der Waals surface area contributed by atoms with Crippen LogP contribution in [-0.4, -0.2) is 18.9 Å². The Morgan fingerprint density at radius 3 is 2.24 bits per heavy atom. The van der Waals surface area contributed by atoms with Crippen molar-refractivity contribution < 1.29 is 19.1 Å². The Kier molecular flexibility index (Phi) is 7.19. The number of allylic oxidation sites excluding steroid dienone is 1. The Labute approximate surface area is 183 Å². The van der Waals surface area contributed by atoms with Crippen LogP contribution in [0.5, 0.6) is 5.75 Å². The number of hydrogen-bond donors (Lipinski definition) is 0. The van der Waals surface area contributed by atoms with Crippen LogP contribution in [-0.2, 0) is 11.3 Å². The summed E-state index contributed by atoms with van der Waals surface area (Å²) >= 11 is 2.21. The van der Waals surface area contributed by atoms with Gasteiger partial charge in [0.1, 0.15) is 12.4 Å². The highest BCUT2D eigenvalue weighted by molar-refractivity contribution is 14.1. The van der Waals surface area contributed by atoms with E-state index in [1.807, 2.05) is 60.7 Å². The van der Waals surface area contributed by atoms with Crippen LogP contribution in [0.25, 0.3) is 6.08 Å². The number of benzene rings is 3. The second-order valence-corrected chi connectivity index (χ2v) is 7.47. The molecule has 0 atom stereocenters. The Bertz CT molecular complexity index is 1020. The summed E-state index contributed by atoms with van der Waals surface area (Å²) in [6.45, 7) is 0.345. The predicted molar refractivity (Wildman–Crippen MR) is 121 cm³/mol. The summed E-state index contributed by atoms with van der Waals surface area (Å²) in [6, 6.07) is 22.0. The molecular weight excluding hydrogens is 479 g/mol. The van der Waals surface area contributed by atoms with Crippen molar-refractivity contribution in [3.8, 4) is 5.75 Å². The summed E-state index contributed by atoms with van der Waals surface area (Å²) in [4.78, 5) is 23.9. The number of ketones is 1. The lowest BCUT2D eigenvalue weighted by molar-refractivity contribution is 0.0600. The maximum Gasteiger partial charge on any atom is 0.337 e. The molecule has 146 valence electrons. The van der Waals surface area contributed by atoms with Crippen LogP contribution in [0.3, 0.4) is 0 Å². The Balaban J connectivity index is 1.68. The van der Waals surface area contributed by atoms with Gasteiger partial charge in [0, 0.05) is 14.7 Å². The fourth-order valence-electron chi connectivity index (χ4n) is 2.64. The summed E-state index contributed by atoms with van der Waals surface area (Å²) in [5.41, 5.74) is 2.88. The minimum absolute atomic E-state index is 0.0606. The predicted octanol–water partition coefficient (Wildman–Crippen LogP) is 5.55. The van der Waals surface area contributed by atoms with E-state index in [9.17, 15) is 9.59 Å². The molecule has 3 aromatic rings. The van der Waals surface area contributed by atoms with Crippen LogP contribution in [0, 0.1) is 3.57 Å². The minimum atomic E-state index is -0.370. The molecule has 3 aromatic carbocycles. The molecule has 0 aliphatic rings. The smallest absolute Gasteiger partial charge is 0.337 e. The molecule has 0 aliphatic heterocycles. The number of methoxy groups -OCH3 is 1. The van der Waals surface area contributed by atoms with Crippen LogP contribution in [0.15, 0.2) is 78.9 Å². The second kappa shape index (κ2) is 10.0. The zero-order valence-corrected chi connectivity index (χ0v) is 18.0. The molecule has 0 heterocycles. The first-order chi connectivity index (χ1) is 14.1. The zero-order chi connectivity index (χ0) is 20.6. The topological polar surface area (TPSA) is 52.6 Å². The highest BCUT2D eigenvalue weighted by Crippen LogP contribution is 2.21. The van der Waals surface area contributed by atoms with Gasteiger partial charge in [-0.25, -0.2) is 4.79 Å². The Morgan fingerprint density at radius 2 is 1.55 bits per heavy atom. The number of halogens is 1. The van der Waals surface area contributed by atoms with E-state index in [0.717, 1.165) is 14.7 Å². The Morgan fingerprint density at radius 1 is 0.897 bits per heavy atom. The van der Waals surface area contributed by atoms with Gasteiger partial charge in [0.25, 0.3) is 0 Å². The average Bonchev–Trinajstić information content (AvgIpc) is 2.77. The third kappa shape index (κ3) is 5.77. The van der Waals surface area contributed by atoms with Crippen molar-refractivity contribution in [1.29, 1.82) is 0 Å². The zero-order valence-electron chi connectivity index (χ0n) is 15.8. The second-order valence-electron chi connectivity index (χ2n) is 6.22. The fourth-order valence-corrected chi connectivity index (χ4v) is 3.00. The summed E-state index contributed by atoms with van der Waals surface area (Å²) in [5, 5.41) is 0. The molecule has 0 aromatic heterocycles. The third-order valence-electron chi connectivity index (χ3n) is 4.23. The molecule has 0 amide bonds. The standard InChI is InChI=1S/C24H19IO4/c1-28-24(27)20-8-6-17(7-9-20)16-29-23-5-3-2-4-19(23)12-15-22(26)18-10-13-21(25)14-11-18/h2-15H,16H2,1H3. The van der Waals surface area contributed by atoms with Crippen LogP contribution in [0.1, 0.15) is 31.8 Å². The van der Waals surface area contributed by atoms with Gasteiger partial charge < -0.3 is 9.47 Å². The SMILES string of the molecule is COC(=O)c1ccc(COc2ccccc2C=CC(=O)c2ccc(I)cc2)cc1. The minimum Gasteiger partial charge on any atom is -0.488 e. The highest BCUT2D eigenvalue weighted by atomic mass is 127. The molecule has 4 nitrogen and oxygen atoms in total. The molecule has 0 fully saturated rings. The van der Waals surface area contributed by atoms with Crippen molar-refractivity contribution in [3.05, 3.63) is 105 Å². The van der Waals surface area contributed by atoms with E-state index in [2.05, 4.69) is 22.6 Å². The molecule has 0 spiro atoms. The third-order valence-corrected chi connectivity index (χ3v) is 4.95. The molecule has 0 N–H and O–H groups in total. The summed E-state index contributed by atoms with van der Waals surface area (Å²) in [5.74, 6) is 0.247. The molecule has 5 heteroatoms. The summed E-state index contributed by atoms with van der Waals surface area (Å²) < 4.78 is 11.7. The van der Waals surface area contributed by atoms with Gasteiger partial charge in [-0.1, -0.05) is 42.5 Å². The monoisotopic (exact) mass is 498 g/mol. The quantitative estimate of drug-likeness (QED) is 0.186. The first-order valence-corrected chi connectivity index (χ1v) is 10.0. The average molecular weight is 498 g/mol. The van der Waals surface area contributed by atoms with Crippen LogP contribution >= 0.6 is 22.6 Å². The molecule has 0 aliphatic carbocycles. The number of carbonyl (C=O) groups excluding carboxylic acids is 2. The maximum absolute atomic E-state index is 12.4. The van der Waals surface area contributed by atoms with E-state index in [-0.39, 0.29) is 11.8 Å². The number of ether oxygens (including phenoxy) is 2. The van der Waals surface area contributed by atoms with Crippen molar-refractivity contribution in [2.24, 2.45) is 0 Å². The van der Waals surface area contributed by atoms with Gasteiger partial charge in [-0.2, -0.15) is 0 Å². The maximum atomic E-state index is 12.4. The van der Waals surface area contributed by atoms with Gasteiger partial charge in [0.2, 0.25) is 0 Å². The number of rotatable bonds is 7. The van der Waals surface area contributed by atoms with Crippen LogP contribution in [0.4, 0.5) is 0 Å². The van der Waals surface area contributed by atoms with Gasteiger partial charge in [-0.05, 0) is 70.6 Å². The first kappa shape index (κ1) is 20.8. The van der Waals surface area contributed by atoms with Crippen LogP contribution < -0.4 is 4.74 Å². The van der Waals surface area contributed by atoms with Gasteiger partial charge in [-0.15, -0.1) is 0 Å². The van der Waals surface area contributed by atoms with E-state index in [1.54, 1.807) is 24.3 Å². The van der Waals surface area contributed by atoms with Crippen LogP contribution in [0.2, 0.25) is 0 Å². The van der Waals surface area contributed by atoms with Gasteiger partial charge >= 0.3 is 5.97 Å². The molecule has 29 heavy (non-hydrogen) atoms. The number of para-hydroxylation sites is 1. The summed E-state index contributed by atoms with van der Waals surface area (Å²) in [6.07, 6.45) is 3.31. The molecule has 0 saturated heterocycles. The van der Waals surface area contributed by atoms with Gasteiger partial charge in [0.05, 0.1) is 12.7 Å². The number of esters is 1. The largest absolute Gasteiger partial charge is 0.488 e. The van der Waals surface area contributed by atoms with E-state index in [4.69, 9.17) is 9.47 Å². The molecule has 0 unspecified atom stereocenters. The molecule has 0 saturated carbocycles. The lowest BCUT2D eigenvalue weighted by Gasteiger charge is -2.09.